The Morgan fingerprint density at radius 2 is 1.90 bits per heavy atom. The molecule has 8 nitrogen and oxygen atoms in total. The molecule has 0 aliphatic rings. The highest BCUT2D eigenvalue weighted by Gasteiger charge is 2.16. The van der Waals surface area contributed by atoms with Crippen LogP contribution in [0.1, 0.15) is 26.3 Å². The zero-order chi connectivity index (χ0) is 21.9. The number of carbonyl (C=O) groups excluding carboxylic acids is 1. The zero-order valence-electron chi connectivity index (χ0n) is 16.5. The molecule has 3 rings (SSSR count). The minimum Gasteiger partial charge on any atom is -0.411 e. The van der Waals surface area contributed by atoms with E-state index in [1.165, 1.54) is 23.8 Å². The van der Waals surface area contributed by atoms with E-state index in [0.717, 1.165) is 17.3 Å². The molecule has 0 atom stereocenters. The SMILES string of the molecule is CC(C)(C)c1ccc(-c2nnc(SCC(=O)Nc3ccc(Cl)c([N+](=O)[O-])c3)o2)cc1. The summed E-state index contributed by atoms with van der Waals surface area (Å²) in [5.41, 5.74) is 2.04. The van der Waals surface area contributed by atoms with Gasteiger partial charge in [-0.2, -0.15) is 0 Å². The number of hydrogen-bond acceptors (Lipinski definition) is 7. The van der Waals surface area contributed by atoms with Crippen LogP contribution in [0.15, 0.2) is 52.1 Å². The topological polar surface area (TPSA) is 111 Å². The summed E-state index contributed by atoms with van der Waals surface area (Å²) in [7, 11) is 0. The highest BCUT2D eigenvalue weighted by molar-refractivity contribution is 7.99. The molecule has 0 unspecified atom stereocenters. The molecular formula is C20H19ClN4O4S. The highest BCUT2D eigenvalue weighted by atomic mass is 35.5. The van der Waals surface area contributed by atoms with Crippen LogP contribution in [0, 0.1) is 10.1 Å². The molecule has 0 aliphatic carbocycles. The van der Waals surface area contributed by atoms with E-state index in [1.807, 2.05) is 24.3 Å². The van der Waals surface area contributed by atoms with E-state index in [2.05, 4.69) is 36.3 Å². The molecule has 30 heavy (non-hydrogen) atoms. The second-order valence-corrected chi connectivity index (χ2v) is 8.79. The molecule has 0 bridgehead atoms. The number of benzene rings is 2. The lowest BCUT2D eigenvalue weighted by molar-refractivity contribution is -0.384. The number of anilines is 1. The summed E-state index contributed by atoms with van der Waals surface area (Å²) in [5.74, 6) is -0.00122. The third-order valence-electron chi connectivity index (χ3n) is 4.16. The van der Waals surface area contributed by atoms with Crippen molar-refractivity contribution in [3.05, 3.63) is 63.2 Å². The Bertz CT molecular complexity index is 1080. The Balaban J connectivity index is 1.59. The number of hydrogen-bond donors (Lipinski definition) is 1. The van der Waals surface area contributed by atoms with E-state index >= 15 is 0 Å². The van der Waals surface area contributed by atoms with Crippen LogP contribution in [-0.4, -0.2) is 26.8 Å². The number of amides is 1. The van der Waals surface area contributed by atoms with Crippen LogP contribution in [0.2, 0.25) is 5.02 Å². The second kappa shape index (κ2) is 8.85. The van der Waals surface area contributed by atoms with Crippen molar-refractivity contribution in [2.24, 2.45) is 0 Å². The summed E-state index contributed by atoms with van der Waals surface area (Å²) in [6, 6.07) is 11.9. The lowest BCUT2D eigenvalue weighted by atomic mass is 9.87. The van der Waals surface area contributed by atoms with Gasteiger partial charge in [0.05, 0.1) is 10.7 Å². The molecule has 1 heterocycles. The Morgan fingerprint density at radius 1 is 1.20 bits per heavy atom. The number of aromatic nitrogens is 2. The van der Waals surface area contributed by atoms with Crippen LogP contribution in [0.5, 0.6) is 0 Å². The summed E-state index contributed by atoms with van der Waals surface area (Å²) in [4.78, 5) is 22.5. The molecular weight excluding hydrogens is 428 g/mol. The van der Waals surface area contributed by atoms with E-state index in [1.54, 1.807) is 0 Å². The lowest BCUT2D eigenvalue weighted by Crippen LogP contribution is -2.14. The number of nitrogens with zero attached hydrogens (tertiary/aromatic N) is 3. The molecule has 0 radical (unpaired) electrons. The maximum Gasteiger partial charge on any atom is 0.289 e. The molecule has 3 aromatic rings. The normalized spacial score (nSPS) is 11.3. The summed E-state index contributed by atoms with van der Waals surface area (Å²) >= 11 is 6.84. The van der Waals surface area contributed by atoms with Gasteiger partial charge in [-0.25, -0.2) is 0 Å². The third-order valence-corrected chi connectivity index (χ3v) is 5.30. The first-order valence-electron chi connectivity index (χ1n) is 8.94. The Kier molecular flexibility index (Phi) is 6.42. The van der Waals surface area contributed by atoms with Gasteiger partial charge < -0.3 is 9.73 Å². The van der Waals surface area contributed by atoms with E-state index < -0.39 is 4.92 Å². The molecule has 0 spiro atoms. The molecule has 0 fully saturated rings. The van der Waals surface area contributed by atoms with Crippen molar-refractivity contribution in [2.45, 2.75) is 31.4 Å². The van der Waals surface area contributed by atoms with E-state index in [-0.39, 0.29) is 38.7 Å². The monoisotopic (exact) mass is 446 g/mol. The molecule has 156 valence electrons. The smallest absolute Gasteiger partial charge is 0.289 e. The summed E-state index contributed by atoms with van der Waals surface area (Å²) < 4.78 is 5.62. The van der Waals surface area contributed by atoms with Gasteiger partial charge in [0.25, 0.3) is 10.9 Å². The lowest BCUT2D eigenvalue weighted by Gasteiger charge is -2.18. The molecule has 1 amide bonds. The van der Waals surface area contributed by atoms with Crippen LogP contribution >= 0.6 is 23.4 Å². The van der Waals surface area contributed by atoms with Crippen molar-refractivity contribution >= 4 is 40.6 Å². The largest absolute Gasteiger partial charge is 0.411 e. The van der Waals surface area contributed by atoms with Crippen molar-refractivity contribution in [2.75, 3.05) is 11.1 Å². The third kappa shape index (κ3) is 5.37. The van der Waals surface area contributed by atoms with E-state index in [4.69, 9.17) is 16.0 Å². The predicted octanol–water partition coefficient (Wildman–Crippen LogP) is 5.33. The van der Waals surface area contributed by atoms with Gasteiger partial charge in [0.1, 0.15) is 5.02 Å². The number of thioether (sulfide) groups is 1. The maximum atomic E-state index is 12.1. The maximum absolute atomic E-state index is 12.1. The summed E-state index contributed by atoms with van der Waals surface area (Å²) in [5, 5.41) is 21.7. The van der Waals surface area contributed by atoms with Crippen LogP contribution in [0.4, 0.5) is 11.4 Å². The number of carbonyl (C=O) groups is 1. The zero-order valence-corrected chi connectivity index (χ0v) is 18.1. The number of halogens is 1. The van der Waals surface area contributed by atoms with Crippen molar-refractivity contribution < 1.29 is 14.1 Å². The van der Waals surface area contributed by atoms with E-state index in [0.29, 0.717) is 5.89 Å². The van der Waals surface area contributed by atoms with Crippen LogP contribution in [0.25, 0.3) is 11.5 Å². The molecule has 0 saturated carbocycles. The first-order chi connectivity index (χ1) is 14.1. The fourth-order valence-electron chi connectivity index (χ4n) is 2.55. The van der Waals surface area contributed by atoms with Gasteiger partial charge in [0.15, 0.2) is 0 Å². The van der Waals surface area contributed by atoms with Crippen molar-refractivity contribution in [1.29, 1.82) is 0 Å². The summed E-state index contributed by atoms with van der Waals surface area (Å²) in [6.07, 6.45) is 0. The molecule has 0 aliphatic heterocycles. The van der Waals surface area contributed by atoms with Gasteiger partial charge in [0.2, 0.25) is 11.8 Å². The molecule has 1 aromatic heterocycles. The average Bonchev–Trinajstić information content (AvgIpc) is 3.16. The minimum absolute atomic E-state index is 0.00101. The first-order valence-corrected chi connectivity index (χ1v) is 10.3. The average molecular weight is 447 g/mol. The van der Waals surface area contributed by atoms with Gasteiger partial charge in [-0.15, -0.1) is 10.2 Å². The van der Waals surface area contributed by atoms with E-state index in [9.17, 15) is 14.9 Å². The van der Waals surface area contributed by atoms with Gasteiger partial charge in [-0.3, -0.25) is 14.9 Å². The minimum atomic E-state index is -0.610. The standard InChI is InChI=1S/C20H19ClN4O4S/c1-20(2,3)13-6-4-12(5-7-13)18-23-24-19(29-18)30-11-17(26)22-14-8-9-15(21)16(10-14)25(27)28/h4-10H,11H2,1-3H3,(H,22,26). The Hall–Kier alpha value is -2.91. The van der Waals surface area contributed by atoms with Gasteiger partial charge in [-0.05, 0) is 35.2 Å². The Morgan fingerprint density at radius 3 is 2.53 bits per heavy atom. The quantitative estimate of drug-likeness (QED) is 0.309. The fraction of sp³-hybridized carbons (Fsp3) is 0.250. The van der Waals surface area contributed by atoms with Crippen LogP contribution in [-0.2, 0) is 10.2 Å². The van der Waals surface area contributed by atoms with Crippen molar-refractivity contribution in [1.82, 2.24) is 10.2 Å². The van der Waals surface area contributed by atoms with Gasteiger partial charge >= 0.3 is 0 Å². The first kappa shape index (κ1) is 21.8. The van der Waals surface area contributed by atoms with Gasteiger partial charge in [0, 0.05) is 17.3 Å². The molecule has 0 saturated heterocycles. The summed E-state index contributed by atoms with van der Waals surface area (Å²) in [6.45, 7) is 6.41. The van der Waals surface area contributed by atoms with Crippen molar-refractivity contribution in [3.63, 3.8) is 0 Å². The number of rotatable bonds is 6. The molecule has 10 heteroatoms. The molecule has 2 aromatic carbocycles. The molecule has 1 N–H and O–H groups in total. The second-order valence-electron chi connectivity index (χ2n) is 7.46. The van der Waals surface area contributed by atoms with Crippen molar-refractivity contribution in [3.8, 4) is 11.5 Å². The number of nitro groups is 1. The van der Waals surface area contributed by atoms with Crippen LogP contribution in [0.3, 0.4) is 0 Å². The Labute approximate surface area is 182 Å². The fourth-order valence-corrected chi connectivity index (χ4v) is 3.30. The highest BCUT2D eigenvalue weighted by Crippen LogP contribution is 2.29. The van der Waals surface area contributed by atoms with Gasteiger partial charge in [-0.1, -0.05) is 56.3 Å². The number of nitro benzene ring substituents is 1. The van der Waals surface area contributed by atoms with Crippen LogP contribution < -0.4 is 5.32 Å². The predicted molar refractivity (Wildman–Crippen MR) is 116 cm³/mol. The number of nitrogens with one attached hydrogen (secondary N) is 1.